The summed E-state index contributed by atoms with van der Waals surface area (Å²) in [6.07, 6.45) is 0.477. The number of nitrogens with zero attached hydrogens (tertiary/aromatic N) is 1. The molecule has 1 amide bonds. The normalized spacial score (nSPS) is 10.2. The minimum Gasteiger partial charge on any atom is -0.375 e. The van der Waals surface area contributed by atoms with E-state index in [0.717, 1.165) is 16.9 Å². The van der Waals surface area contributed by atoms with Gasteiger partial charge in [-0.15, -0.1) is 11.3 Å². The van der Waals surface area contributed by atoms with E-state index in [4.69, 9.17) is 5.73 Å². The molecule has 88 valence electrons. The molecule has 2 rings (SSSR count). The van der Waals surface area contributed by atoms with E-state index in [1.165, 1.54) is 11.3 Å². The molecule has 1 heterocycles. The number of nitrogens with two attached hydrogens (primary N) is 1. The van der Waals surface area contributed by atoms with Crippen LogP contribution >= 0.6 is 11.3 Å². The SMILES string of the molecule is CCC(=O)Nc1ccc(-c2csc(N)n2)cc1. The van der Waals surface area contributed by atoms with Gasteiger partial charge in [0.05, 0.1) is 5.69 Å². The van der Waals surface area contributed by atoms with Crippen molar-refractivity contribution in [1.29, 1.82) is 0 Å². The molecule has 0 aliphatic heterocycles. The quantitative estimate of drug-likeness (QED) is 0.876. The van der Waals surface area contributed by atoms with Gasteiger partial charge in [-0.25, -0.2) is 4.98 Å². The fraction of sp³-hybridized carbons (Fsp3) is 0.167. The molecule has 0 radical (unpaired) electrons. The zero-order valence-electron chi connectivity index (χ0n) is 9.43. The Morgan fingerprint density at radius 3 is 2.65 bits per heavy atom. The van der Waals surface area contributed by atoms with Crippen molar-refractivity contribution in [3.8, 4) is 11.3 Å². The Labute approximate surface area is 103 Å². The van der Waals surface area contributed by atoms with E-state index in [1.807, 2.05) is 36.6 Å². The summed E-state index contributed by atoms with van der Waals surface area (Å²) in [7, 11) is 0. The number of nitrogen functional groups attached to an aromatic ring is 1. The van der Waals surface area contributed by atoms with Crippen molar-refractivity contribution in [2.75, 3.05) is 11.1 Å². The van der Waals surface area contributed by atoms with Gasteiger partial charge in [0.15, 0.2) is 5.13 Å². The van der Waals surface area contributed by atoms with Crippen LogP contribution in [0, 0.1) is 0 Å². The van der Waals surface area contributed by atoms with Crippen LogP contribution < -0.4 is 11.1 Å². The third kappa shape index (κ3) is 2.82. The number of anilines is 2. The summed E-state index contributed by atoms with van der Waals surface area (Å²) in [4.78, 5) is 15.4. The predicted octanol–water partition coefficient (Wildman–Crippen LogP) is 2.74. The molecule has 4 nitrogen and oxygen atoms in total. The van der Waals surface area contributed by atoms with E-state index in [0.29, 0.717) is 11.6 Å². The Bertz CT molecular complexity index is 519. The summed E-state index contributed by atoms with van der Waals surface area (Å²) in [6, 6.07) is 7.55. The summed E-state index contributed by atoms with van der Waals surface area (Å²) in [5, 5.41) is 5.26. The van der Waals surface area contributed by atoms with Crippen LogP contribution in [0.3, 0.4) is 0 Å². The lowest BCUT2D eigenvalue weighted by molar-refractivity contribution is -0.115. The van der Waals surface area contributed by atoms with E-state index in [1.54, 1.807) is 0 Å². The number of nitrogens with one attached hydrogen (secondary N) is 1. The molecule has 0 aliphatic carbocycles. The predicted molar refractivity (Wildman–Crippen MR) is 70.9 cm³/mol. The summed E-state index contributed by atoms with van der Waals surface area (Å²) >= 11 is 1.41. The van der Waals surface area contributed by atoms with Crippen LogP contribution in [0.25, 0.3) is 11.3 Å². The van der Waals surface area contributed by atoms with Crippen LogP contribution in [0.4, 0.5) is 10.8 Å². The first-order valence-corrected chi connectivity index (χ1v) is 6.18. The first kappa shape index (κ1) is 11.6. The molecular weight excluding hydrogens is 234 g/mol. The van der Waals surface area contributed by atoms with Crippen molar-refractivity contribution in [3.63, 3.8) is 0 Å². The van der Waals surface area contributed by atoms with Gasteiger partial charge in [0, 0.05) is 23.1 Å². The van der Waals surface area contributed by atoms with Crippen LogP contribution in [0.1, 0.15) is 13.3 Å². The molecule has 0 saturated heterocycles. The monoisotopic (exact) mass is 247 g/mol. The molecule has 0 saturated carbocycles. The molecule has 5 heteroatoms. The van der Waals surface area contributed by atoms with Gasteiger partial charge in [-0.2, -0.15) is 0 Å². The van der Waals surface area contributed by atoms with Gasteiger partial charge in [-0.3, -0.25) is 4.79 Å². The van der Waals surface area contributed by atoms with E-state index >= 15 is 0 Å². The number of carbonyl (C=O) groups excluding carboxylic acids is 1. The fourth-order valence-electron chi connectivity index (χ4n) is 1.39. The summed E-state index contributed by atoms with van der Waals surface area (Å²) in [5.74, 6) is 0.00986. The number of hydrogen-bond donors (Lipinski definition) is 2. The van der Waals surface area contributed by atoms with Crippen LogP contribution in [0.5, 0.6) is 0 Å². The number of carbonyl (C=O) groups is 1. The maximum Gasteiger partial charge on any atom is 0.224 e. The van der Waals surface area contributed by atoms with Crippen molar-refractivity contribution >= 4 is 28.1 Å². The molecule has 0 atom stereocenters. The minimum atomic E-state index is 0.00986. The van der Waals surface area contributed by atoms with Gasteiger partial charge in [0.2, 0.25) is 5.91 Å². The van der Waals surface area contributed by atoms with Gasteiger partial charge in [-0.05, 0) is 12.1 Å². The highest BCUT2D eigenvalue weighted by Gasteiger charge is 2.03. The molecule has 0 spiro atoms. The zero-order valence-corrected chi connectivity index (χ0v) is 10.3. The van der Waals surface area contributed by atoms with E-state index in [2.05, 4.69) is 10.3 Å². The molecule has 2 aromatic rings. The summed E-state index contributed by atoms with van der Waals surface area (Å²) in [6.45, 7) is 1.82. The highest BCUT2D eigenvalue weighted by molar-refractivity contribution is 7.13. The largest absolute Gasteiger partial charge is 0.375 e. The highest BCUT2D eigenvalue weighted by Crippen LogP contribution is 2.24. The zero-order chi connectivity index (χ0) is 12.3. The average molecular weight is 247 g/mol. The summed E-state index contributed by atoms with van der Waals surface area (Å²) < 4.78 is 0. The lowest BCUT2D eigenvalue weighted by atomic mass is 10.1. The van der Waals surface area contributed by atoms with Crippen molar-refractivity contribution in [2.24, 2.45) is 0 Å². The van der Waals surface area contributed by atoms with Crippen molar-refractivity contribution in [1.82, 2.24) is 4.98 Å². The number of amides is 1. The van der Waals surface area contributed by atoms with Crippen LogP contribution in [0.2, 0.25) is 0 Å². The van der Waals surface area contributed by atoms with Gasteiger partial charge in [0.1, 0.15) is 0 Å². The molecule has 17 heavy (non-hydrogen) atoms. The van der Waals surface area contributed by atoms with E-state index in [9.17, 15) is 4.79 Å². The van der Waals surface area contributed by atoms with Crippen molar-refractivity contribution < 1.29 is 4.79 Å². The Morgan fingerprint density at radius 2 is 2.12 bits per heavy atom. The van der Waals surface area contributed by atoms with Gasteiger partial charge in [-0.1, -0.05) is 19.1 Å². The molecule has 0 fully saturated rings. The molecular formula is C12H13N3OS. The van der Waals surface area contributed by atoms with Gasteiger partial charge >= 0.3 is 0 Å². The first-order chi connectivity index (χ1) is 8.19. The smallest absolute Gasteiger partial charge is 0.224 e. The summed E-state index contributed by atoms with van der Waals surface area (Å²) in [5.41, 5.74) is 8.23. The van der Waals surface area contributed by atoms with E-state index in [-0.39, 0.29) is 5.91 Å². The molecule has 0 unspecified atom stereocenters. The van der Waals surface area contributed by atoms with Crippen LogP contribution in [-0.4, -0.2) is 10.9 Å². The second-order valence-corrected chi connectivity index (χ2v) is 4.44. The molecule has 1 aromatic carbocycles. The Hall–Kier alpha value is -1.88. The molecule has 3 N–H and O–H groups in total. The maximum absolute atomic E-state index is 11.2. The Morgan fingerprint density at radius 1 is 1.41 bits per heavy atom. The van der Waals surface area contributed by atoms with Crippen molar-refractivity contribution in [2.45, 2.75) is 13.3 Å². The third-order valence-electron chi connectivity index (χ3n) is 2.31. The van der Waals surface area contributed by atoms with Gasteiger partial charge < -0.3 is 11.1 Å². The number of thiazole rings is 1. The number of benzene rings is 1. The Balaban J connectivity index is 2.15. The lowest BCUT2D eigenvalue weighted by Gasteiger charge is -2.03. The standard InChI is InChI=1S/C12H13N3OS/c1-2-11(16)14-9-5-3-8(4-6-9)10-7-17-12(13)15-10/h3-7H,2H2,1H3,(H2,13,15)(H,14,16). The van der Waals surface area contributed by atoms with Gasteiger partial charge in [0.25, 0.3) is 0 Å². The number of aromatic nitrogens is 1. The minimum absolute atomic E-state index is 0.00986. The van der Waals surface area contributed by atoms with E-state index < -0.39 is 0 Å². The second kappa shape index (κ2) is 4.97. The lowest BCUT2D eigenvalue weighted by Crippen LogP contribution is -2.08. The highest BCUT2D eigenvalue weighted by atomic mass is 32.1. The number of rotatable bonds is 3. The van der Waals surface area contributed by atoms with Crippen LogP contribution in [-0.2, 0) is 4.79 Å². The maximum atomic E-state index is 11.2. The average Bonchev–Trinajstić information content (AvgIpc) is 2.77. The first-order valence-electron chi connectivity index (χ1n) is 5.30. The molecule has 1 aromatic heterocycles. The fourth-order valence-corrected chi connectivity index (χ4v) is 1.97. The van der Waals surface area contributed by atoms with Crippen molar-refractivity contribution in [3.05, 3.63) is 29.6 Å². The topological polar surface area (TPSA) is 68.0 Å². The third-order valence-corrected chi connectivity index (χ3v) is 2.98. The Kier molecular flexibility index (Phi) is 3.39. The number of hydrogen-bond acceptors (Lipinski definition) is 4. The van der Waals surface area contributed by atoms with Crippen LogP contribution in [0.15, 0.2) is 29.6 Å². The molecule has 0 bridgehead atoms. The molecule has 0 aliphatic rings. The second-order valence-electron chi connectivity index (χ2n) is 3.55.